The van der Waals surface area contributed by atoms with Gasteiger partial charge in [0.1, 0.15) is 11.5 Å². The van der Waals surface area contributed by atoms with Crippen LogP contribution < -0.4 is 9.64 Å². The van der Waals surface area contributed by atoms with Crippen molar-refractivity contribution in [3.8, 4) is 5.88 Å². The molecule has 21 heavy (non-hydrogen) atoms. The topological polar surface area (TPSA) is 42.4 Å². The molecule has 110 valence electrons. The fourth-order valence-electron chi connectivity index (χ4n) is 1.89. The maximum Gasteiger partial charge on any atom is 0.258 e. The Morgan fingerprint density at radius 2 is 2.14 bits per heavy atom. The number of rotatable bonds is 4. The van der Waals surface area contributed by atoms with Gasteiger partial charge < -0.3 is 9.64 Å². The summed E-state index contributed by atoms with van der Waals surface area (Å²) in [6.45, 7) is 0. The van der Waals surface area contributed by atoms with E-state index in [4.69, 9.17) is 4.74 Å². The number of thioether (sulfide) groups is 1. The molecular weight excluding hydrogens is 291 g/mol. The highest BCUT2D eigenvalue weighted by Gasteiger charge is 2.18. The molecule has 0 saturated carbocycles. The van der Waals surface area contributed by atoms with Crippen LogP contribution in [0.4, 0.5) is 10.1 Å². The Kier molecular flexibility index (Phi) is 4.80. The van der Waals surface area contributed by atoms with Gasteiger partial charge in [-0.3, -0.25) is 4.79 Å². The summed E-state index contributed by atoms with van der Waals surface area (Å²) < 4.78 is 18.6. The Bertz CT molecular complexity index is 664. The molecule has 1 aromatic heterocycles. The number of carbonyl (C=O) groups excluding carboxylic acids is 1. The molecule has 0 aliphatic heterocycles. The third kappa shape index (κ3) is 3.16. The predicted octanol–water partition coefficient (Wildman–Crippen LogP) is 3.23. The number of hydrogen-bond donors (Lipinski definition) is 0. The molecule has 0 spiro atoms. The van der Waals surface area contributed by atoms with E-state index in [1.54, 1.807) is 37.7 Å². The minimum Gasteiger partial charge on any atom is -0.480 e. The normalized spacial score (nSPS) is 10.3. The lowest BCUT2D eigenvalue weighted by atomic mass is 10.2. The van der Waals surface area contributed by atoms with Gasteiger partial charge in [-0.1, -0.05) is 0 Å². The van der Waals surface area contributed by atoms with Crippen molar-refractivity contribution in [1.82, 2.24) is 4.98 Å². The highest BCUT2D eigenvalue weighted by molar-refractivity contribution is 7.98. The van der Waals surface area contributed by atoms with Gasteiger partial charge in [0.05, 0.1) is 7.11 Å². The van der Waals surface area contributed by atoms with E-state index in [1.807, 2.05) is 0 Å². The van der Waals surface area contributed by atoms with Crippen molar-refractivity contribution in [2.24, 2.45) is 0 Å². The summed E-state index contributed by atoms with van der Waals surface area (Å²) in [7, 11) is 3.12. The lowest BCUT2D eigenvalue weighted by Crippen LogP contribution is -2.27. The fourth-order valence-corrected chi connectivity index (χ4v) is 2.40. The van der Waals surface area contributed by atoms with Crippen LogP contribution in [0.2, 0.25) is 0 Å². The first-order valence-corrected chi connectivity index (χ1v) is 7.41. The van der Waals surface area contributed by atoms with E-state index in [9.17, 15) is 9.18 Å². The average molecular weight is 306 g/mol. The molecule has 1 heterocycles. The molecule has 2 rings (SSSR count). The number of anilines is 1. The van der Waals surface area contributed by atoms with Gasteiger partial charge >= 0.3 is 0 Å². The van der Waals surface area contributed by atoms with Gasteiger partial charge in [0.15, 0.2) is 0 Å². The summed E-state index contributed by atoms with van der Waals surface area (Å²) >= 11 is 1.26. The van der Waals surface area contributed by atoms with Crippen molar-refractivity contribution in [2.75, 3.05) is 25.3 Å². The zero-order chi connectivity index (χ0) is 15.4. The number of carbonyl (C=O) groups is 1. The van der Waals surface area contributed by atoms with Crippen LogP contribution in [0.3, 0.4) is 0 Å². The van der Waals surface area contributed by atoms with Crippen LogP contribution >= 0.6 is 11.8 Å². The summed E-state index contributed by atoms with van der Waals surface area (Å²) in [5, 5.41) is 0. The van der Waals surface area contributed by atoms with E-state index in [0.717, 1.165) is 0 Å². The Morgan fingerprint density at radius 3 is 2.81 bits per heavy atom. The number of halogens is 1. The van der Waals surface area contributed by atoms with E-state index < -0.39 is 0 Å². The number of ether oxygens (including phenoxy) is 1. The Morgan fingerprint density at radius 1 is 1.38 bits per heavy atom. The molecule has 0 bridgehead atoms. The molecule has 1 amide bonds. The summed E-state index contributed by atoms with van der Waals surface area (Å²) in [5.74, 6) is -0.224. The van der Waals surface area contributed by atoms with E-state index >= 15 is 0 Å². The van der Waals surface area contributed by atoms with Gasteiger partial charge in [-0.15, -0.1) is 11.8 Å². The number of methoxy groups -OCH3 is 1. The van der Waals surface area contributed by atoms with Crippen LogP contribution in [0.1, 0.15) is 10.4 Å². The van der Waals surface area contributed by atoms with Crippen LogP contribution in [-0.2, 0) is 0 Å². The van der Waals surface area contributed by atoms with Gasteiger partial charge in [0.2, 0.25) is 5.88 Å². The molecule has 0 radical (unpaired) electrons. The number of benzene rings is 1. The number of pyridine rings is 1. The zero-order valence-electron chi connectivity index (χ0n) is 12.0. The van der Waals surface area contributed by atoms with Crippen molar-refractivity contribution < 1.29 is 13.9 Å². The zero-order valence-corrected chi connectivity index (χ0v) is 12.8. The lowest BCUT2D eigenvalue weighted by Gasteiger charge is -2.19. The Labute approximate surface area is 126 Å². The van der Waals surface area contributed by atoms with Crippen LogP contribution in [0.15, 0.2) is 41.4 Å². The average Bonchev–Trinajstić information content (AvgIpc) is 2.53. The maximum atomic E-state index is 13.5. The molecule has 0 saturated heterocycles. The van der Waals surface area contributed by atoms with Gasteiger partial charge in [-0.2, -0.15) is 0 Å². The maximum absolute atomic E-state index is 13.5. The van der Waals surface area contributed by atoms with E-state index in [1.165, 1.54) is 35.9 Å². The summed E-state index contributed by atoms with van der Waals surface area (Å²) in [6, 6.07) is 7.77. The number of nitrogens with zero attached hydrogens (tertiary/aromatic N) is 2. The standard InChI is InChI=1S/C15H15FN2O2S/c1-18(12-5-4-8-17-14(12)20-2)15(19)10-6-7-11(16)13(9-10)21-3/h4-9H,1-3H3. The molecule has 0 aliphatic carbocycles. The SMILES string of the molecule is COc1ncccc1N(C)C(=O)c1ccc(F)c(SC)c1. The van der Waals surface area contributed by atoms with Crippen LogP contribution in [0.25, 0.3) is 0 Å². The number of amides is 1. The molecule has 0 unspecified atom stereocenters. The van der Waals surface area contributed by atoms with E-state index in [2.05, 4.69) is 4.98 Å². The predicted molar refractivity (Wildman–Crippen MR) is 81.7 cm³/mol. The van der Waals surface area contributed by atoms with Gasteiger partial charge in [-0.25, -0.2) is 9.37 Å². The van der Waals surface area contributed by atoms with Crippen LogP contribution in [0, 0.1) is 5.82 Å². The molecule has 0 atom stereocenters. The molecule has 1 aromatic carbocycles. The second kappa shape index (κ2) is 6.58. The van der Waals surface area contributed by atoms with Gasteiger partial charge in [0.25, 0.3) is 5.91 Å². The van der Waals surface area contributed by atoms with Crippen molar-refractivity contribution in [3.63, 3.8) is 0 Å². The second-order valence-corrected chi connectivity index (χ2v) is 5.09. The molecule has 0 aliphatic rings. The van der Waals surface area contributed by atoms with Crippen molar-refractivity contribution in [1.29, 1.82) is 0 Å². The molecule has 6 heteroatoms. The summed E-state index contributed by atoms with van der Waals surface area (Å²) in [5.41, 5.74) is 0.967. The van der Waals surface area contributed by atoms with Crippen molar-refractivity contribution in [2.45, 2.75) is 4.90 Å². The minimum atomic E-state index is -0.333. The molecule has 0 fully saturated rings. The first-order valence-electron chi connectivity index (χ1n) is 6.19. The van der Waals surface area contributed by atoms with Gasteiger partial charge in [-0.05, 0) is 36.6 Å². The second-order valence-electron chi connectivity index (χ2n) is 4.25. The summed E-state index contributed by atoms with van der Waals surface area (Å²) in [4.78, 5) is 18.4. The smallest absolute Gasteiger partial charge is 0.258 e. The number of hydrogen-bond acceptors (Lipinski definition) is 4. The highest BCUT2D eigenvalue weighted by Crippen LogP contribution is 2.26. The molecule has 0 N–H and O–H groups in total. The quantitative estimate of drug-likeness (QED) is 0.813. The highest BCUT2D eigenvalue weighted by atomic mass is 32.2. The first-order chi connectivity index (χ1) is 10.1. The first kappa shape index (κ1) is 15.3. The molecule has 2 aromatic rings. The lowest BCUT2D eigenvalue weighted by molar-refractivity contribution is 0.0992. The van der Waals surface area contributed by atoms with E-state index in [-0.39, 0.29) is 11.7 Å². The van der Waals surface area contributed by atoms with Crippen LogP contribution in [0.5, 0.6) is 5.88 Å². The third-order valence-corrected chi connectivity index (χ3v) is 3.76. The minimum absolute atomic E-state index is 0.253. The Hall–Kier alpha value is -2.08. The summed E-state index contributed by atoms with van der Waals surface area (Å²) in [6.07, 6.45) is 3.35. The largest absolute Gasteiger partial charge is 0.480 e. The fraction of sp³-hybridized carbons (Fsp3) is 0.200. The number of aromatic nitrogens is 1. The molecular formula is C15H15FN2O2S. The molecule has 4 nitrogen and oxygen atoms in total. The Balaban J connectivity index is 2.35. The van der Waals surface area contributed by atoms with Crippen molar-refractivity contribution >= 4 is 23.4 Å². The third-order valence-electron chi connectivity index (χ3n) is 3.01. The van der Waals surface area contributed by atoms with Crippen molar-refractivity contribution in [3.05, 3.63) is 47.9 Å². The van der Waals surface area contributed by atoms with E-state index in [0.29, 0.717) is 22.0 Å². The monoisotopic (exact) mass is 306 g/mol. The van der Waals surface area contributed by atoms with Crippen LogP contribution in [-0.4, -0.2) is 31.3 Å². The van der Waals surface area contributed by atoms with Gasteiger partial charge in [0, 0.05) is 23.7 Å².